The predicted molar refractivity (Wildman–Crippen MR) is 110 cm³/mol. The number of aryl methyl sites for hydroxylation is 1. The van der Waals surface area contributed by atoms with Gasteiger partial charge in [0, 0.05) is 30.8 Å². The number of hydrogen-bond donors (Lipinski definition) is 0. The van der Waals surface area contributed by atoms with Gasteiger partial charge in [0.2, 0.25) is 5.91 Å². The van der Waals surface area contributed by atoms with Crippen LogP contribution in [0.2, 0.25) is 0 Å². The lowest BCUT2D eigenvalue weighted by molar-refractivity contribution is -0.129. The topological polar surface area (TPSA) is 29.5 Å². The molecule has 0 spiro atoms. The molecule has 0 bridgehead atoms. The summed E-state index contributed by atoms with van der Waals surface area (Å²) in [5, 5.41) is 0. The summed E-state index contributed by atoms with van der Waals surface area (Å²) in [7, 11) is 0. The zero-order valence-corrected chi connectivity index (χ0v) is 16.7. The van der Waals surface area contributed by atoms with E-state index >= 15 is 0 Å². The van der Waals surface area contributed by atoms with Crippen LogP contribution in [0, 0.1) is 12.8 Å². The maximum Gasteiger partial charge on any atom is 0.223 e. The number of carbonyl (C=O) groups excluding carboxylic acids is 1. The molecule has 1 fully saturated rings. The number of benzene rings is 2. The number of ether oxygens (including phenoxy) is 1. The Bertz CT molecular complexity index is 717. The molecule has 1 heterocycles. The van der Waals surface area contributed by atoms with Crippen molar-refractivity contribution < 1.29 is 9.53 Å². The van der Waals surface area contributed by atoms with E-state index in [-0.39, 0.29) is 17.9 Å². The van der Waals surface area contributed by atoms with Crippen molar-refractivity contribution in [3.8, 4) is 0 Å². The highest BCUT2D eigenvalue weighted by atomic mass is 35.5. The van der Waals surface area contributed by atoms with Crippen LogP contribution in [0.1, 0.15) is 36.0 Å². The van der Waals surface area contributed by atoms with Crippen molar-refractivity contribution in [1.82, 2.24) is 4.90 Å². The Hall–Kier alpha value is -1.84. The SMILES string of the molecule is Cc1ccc(CN2C(=O)C[C@@H](COCc3ccccc3)[C@@H]2CCCCl)cc1. The van der Waals surface area contributed by atoms with Gasteiger partial charge in [-0.25, -0.2) is 0 Å². The summed E-state index contributed by atoms with van der Waals surface area (Å²) in [6.45, 7) is 3.94. The average molecular weight is 386 g/mol. The minimum atomic E-state index is 0.202. The van der Waals surface area contributed by atoms with Gasteiger partial charge in [0.05, 0.1) is 13.2 Å². The van der Waals surface area contributed by atoms with Crippen molar-refractivity contribution in [2.24, 2.45) is 5.92 Å². The average Bonchev–Trinajstić information content (AvgIpc) is 2.97. The number of hydrogen-bond acceptors (Lipinski definition) is 2. The fourth-order valence-electron chi connectivity index (χ4n) is 3.76. The van der Waals surface area contributed by atoms with E-state index in [1.165, 1.54) is 11.1 Å². The number of likely N-dealkylation sites (tertiary alicyclic amines) is 1. The van der Waals surface area contributed by atoms with E-state index in [1.807, 2.05) is 23.1 Å². The van der Waals surface area contributed by atoms with Crippen LogP contribution in [-0.4, -0.2) is 29.3 Å². The van der Waals surface area contributed by atoms with Crippen LogP contribution < -0.4 is 0 Å². The number of carbonyl (C=O) groups is 1. The summed E-state index contributed by atoms with van der Waals surface area (Å²) in [5.41, 5.74) is 3.57. The first-order chi connectivity index (χ1) is 13.2. The smallest absolute Gasteiger partial charge is 0.223 e. The van der Waals surface area contributed by atoms with Crippen molar-refractivity contribution in [2.75, 3.05) is 12.5 Å². The highest BCUT2D eigenvalue weighted by molar-refractivity contribution is 6.17. The van der Waals surface area contributed by atoms with E-state index < -0.39 is 0 Å². The lowest BCUT2D eigenvalue weighted by atomic mass is 9.97. The maximum atomic E-state index is 12.7. The minimum absolute atomic E-state index is 0.202. The Morgan fingerprint density at radius 2 is 1.81 bits per heavy atom. The molecular formula is C23H28ClNO2. The van der Waals surface area contributed by atoms with E-state index in [0.717, 1.165) is 18.4 Å². The maximum absolute atomic E-state index is 12.7. The summed E-state index contributed by atoms with van der Waals surface area (Å²) in [4.78, 5) is 14.7. The van der Waals surface area contributed by atoms with Crippen LogP contribution in [0.15, 0.2) is 54.6 Å². The Labute approximate surface area is 167 Å². The van der Waals surface area contributed by atoms with Gasteiger partial charge in [0.15, 0.2) is 0 Å². The molecule has 0 N–H and O–H groups in total. The first kappa shape index (κ1) is 19.9. The molecule has 2 aromatic rings. The van der Waals surface area contributed by atoms with Gasteiger partial charge in [0.1, 0.15) is 0 Å². The standard InChI is InChI=1S/C23H28ClNO2/c1-18-9-11-19(12-10-18)15-25-22(8-5-13-24)21(14-23(25)26)17-27-16-20-6-3-2-4-7-20/h2-4,6-7,9-12,21-22H,5,8,13-17H2,1H3/t21-,22-/m0/s1. The van der Waals surface area contributed by atoms with Crippen LogP contribution in [-0.2, 0) is 22.7 Å². The molecule has 0 unspecified atom stereocenters. The number of rotatable bonds is 9. The van der Waals surface area contributed by atoms with E-state index in [4.69, 9.17) is 16.3 Å². The molecule has 0 aliphatic carbocycles. The first-order valence-corrected chi connectivity index (χ1v) is 10.2. The van der Waals surface area contributed by atoms with Gasteiger partial charge in [0.25, 0.3) is 0 Å². The predicted octanol–water partition coefficient (Wildman–Crippen LogP) is 4.95. The monoisotopic (exact) mass is 385 g/mol. The number of alkyl halides is 1. The molecule has 1 saturated heterocycles. The van der Waals surface area contributed by atoms with Crippen LogP contribution >= 0.6 is 11.6 Å². The molecule has 1 amide bonds. The van der Waals surface area contributed by atoms with Gasteiger partial charge in [-0.1, -0.05) is 60.2 Å². The molecule has 2 atom stereocenters. The van der Waals surface area contributed by atoms with Crippen molar-refractivity contribution in [3.05, 3.63) is 71.3 Å². The Morgan fingerprint density at radius 3 is 2.52 bits per heavy atom. The summed E-state index contributed by atoms with van der Waals surface area (Å²) < 4.78 is 5.96. The Balaban J connectivity index is 1.62. The van der Waals surface area contributed by atoms with Gasteiger partial charge in [-0.05, 0) is 30.9 Å². The van der Waals surface area contributed by atoms with Crippen LogP contribution in [0.4, 0.5) is 0 Å². The van der Waals surface area contributed by atoms with Crippen molar-refractivity contribution in [3.63, 3.8) is 0 Å². The number of halogens is 1. The van der Waals surface area contributed by atoms with E-state index in [2.05, 4.69) is 43.3 Å². The normalized spacial score (nSPS) is 19.6. The molecule has 3 nitrogen and oxygen atoms in total. The van der Waals surface area contributed by atoms with Crippen LogP contribution in [0.3, 0.4) is 0 Å². The van der Waals surface area contributed by atoms with Gasteiger partial charge in [-0.3, -0.25) is 4.79 Å². The minimum Gasteiger partial charge on any atom is -0.376 e. The summed E-state index contributed by atoms with van der Waals surface area (Å²) in [6, 6.07) is 18.8. The highest BCUT2D eigenvalue weighted by Crippen LogP contribution is 2.31. The van der Waals surface area contributed by atoms with Crippen molar-refractivity contribution in [2.45, 2.75) is 45.4 Å². The van der Waals surface area contributed by atoms with E-state index in [1.54, 1.807) is 0 Å². The zero-order valence-electron chi connectivity index (χ0n) is 15.9. The zero-order chi connectivity index (χ0) is 19.1. The molecular weight excluding hydrogens is 358 g/mol. The molecule has 2 aromatic carbocycles. The largest absolute Gasteiger partial charge is 0.376 e. The van der Waals surface area contributed by atoms with Gasteiger partial charge in [-0.2, -0.15) is 0 Å². The van der Waals surface area contributed by atoms with Crippen LogP contribution in [0.5, 0.6) is 0 Å². The third-order valence-corrected chi connectivity index (χ3v) is 5.52. The third-order valence-electron chi connectivity index (χ3n) is 5.25. The molecule has 27 heavy (non-hydrogen) atoms. The Kier molecular flexibility index (Phi) is 7.31. The quantitative estimate of drug-likeness (QED) is 0.571. The number of nitrogens with zero attached hydrogens (tertiary/aromatic N) is 1. The second-order valence-electron chi connectivity index (χ2n) is 7.37. The molecule has 1 aliphatic heterocycles. The third kappa shape index (κ3) is 5.57. The lowest BCUT2D eigenvalue weighted by Crippen LogP contribution is -2.36. The fraction of sp³-hybridized carbons (Fsp3) is 0.435. The van der Waals surface area contributed by atoms with Gasteiger partial charge in [-0.15, -0.1) is 11.6 Å². The molecule has 144 valence electrons. The highest BCUT2D eigenvalue weighted by Gasteiger charge is 2.39. The Morgan fingerprint density at radius 1 is 1.07 bits per heavy atom. The number of amides is 1. The van der Waals surface area contributed by atoms with Gasteiger partial charge >= 0.3 is 0 Å². The molecule has 1 aliphatic rings. The second kappa shape index (κ2) is 9.91. The summed E-state index contributed by atoms with van der Waals surface area (Å²) in [6.07, 6.45) is 2.41. The summed E-state index contributed by atoms with van der Waals surface area (Å²) >= 11 is 5.94. The van der Waals surface area contributed by atoms with E-state index in [9.17, 15) is 4.79 Å². The molecule has 0 aromatic heterocycles. The molecule has 0 radical (unpaired) electrons. The van der Waals surface area contributed by atoms with E-state index in [0.29, 0.717) is 32.1 Å². The summed E-state index contributed by atoms with van der Waals surface area (Å²) in [5.74, 6) is 1.08. The second-order valence-corrected chi connectivity index (χ2v) is 7.75. The molecule has 4 heteroatoms. The van der Waals surface area contributed by atoms with Crippen LogP contribution in [0.25, 0.3) is 0 Å². The molecule has 0 saturated carbocycles. The van der Waals surface area contributed by atoms with Crippen molar-refractivity contribution in [1.29, 1.82) is 0 Å². The molecule has 3 rings (SSSR count). The van der Waals surface area contributed by atoms with Gasteiger partial charge < -0.3 is 9.64 Å². The first-order valence-electron chi connectivity index (χ1n) is 9.70. The lowest BCUT2D eigenvalue weighted by Gasteiger charge is -2.28. The van der Waals surface area contributed by atoms with Crippen molar-refractivity contribution >= 4 is 17.5 Å². The fourth-order valence-corrected chi connectivity index (χ4v) is 3.92.